The predicted octanol–water partition coefficient (Wildman–Crippen LogP) is 0.856. The summed E-state index contributed by atoms with van der Waals surface area (Å²) in [6.07, 6.45) is 1.86. The molecule has 0 saturated heterocycles. The Morgan fingerprint density at radius 2 is 1.78 bits per heavy atom. The van der Waals surface area contributed by atoms with Crippen LogP contribution in [0.4, 0.5) is 0 Å². The molecule has 0 heterocycles. The van der Waals surface area contributed by atoms with Gasteiger partial charge in [0.15, 0.2) is 0 Å². The molecule has 0 nitrogen and oxygen atoms in total. The third-order valence-electron chi connectivity index (χ3n) is 1.17. The van der Waals surface area contributed by atoms with Crippen LogP contribution in [0.15, 0.2) is 30.8 Å². The van der Waals surface area contributed by atoms with Crippen molar-refractivity contribution in [3.05, 3.63) is 36.4 Å². The van der Waals surface area contributed by atoms with Crippen molar-refractivity contribution in [2.75, 3.05) is 0 Å². The molecule has 9 heavy (non-hydrogen) atoms. The first kappa shape index (κ1) is 6.87. The van der Waals surface area contributed by atoms with E-state index in [0.717, 1.165) is 0 Å². The zero-order valence-electron chi connectivity index (χ0n) is 5.17. The first-order chi connectivity index (χ1) is 4.33. The average molecular weight is 223 g/mol. The Hall–Kier alpha value is -0.241. The molecule has 0 N–H and O–H groups in total. The minimum absolute atomic E-state index is 1.20. The van der Waals surface area contributed by atoms with Crippen molar-refractivity contribution in [1.29, 1.82) is 0 Å². The molecule has 2 radical (unpaired) electrons. The quantitative estimate of drug-likeness (QED) is 0.619. The fraction of sp³-hybridized carbons (Fsp3) is 0. The number of hydrogen-bond donors (Lipinski definition) is 0. The normalized spacial score (nSPS) is 9.00. The van der Waals surface area contributed by atoms with E-state index in [9.17, 15) is 0 Å². The van der Waals surface area contributed by atoms with Crippen molar-refractivity contribution in [2.45, 2.75) is 0 Å². The van der Waals surface area contributed by atoms with Gasteiger partial charge in [-0.05, 0) is 0 Å². The van der Waals surface area contributed by atoms with Crippen molar-refractivity contribution in [3.8, 4) is 0 Å². The minimum atomic E-state index is 1.20. The summed E-state index contributed by atoms with van der Waals surface area (Å²) in [5.74, 6) is 0. The molecule has 0 saturated carbocycles. The molecule has 0 unspecified atom stereocenters. The Bertz CT molecular complexity index is 198. The molecule has 0 aliphatic heterocycles. The van der Waals surface area contributed by atoms with Gasteiger partial charge in [-0.25, -0.2) is 0 Å². The van der Waals surface area contributed by atoms with E-state index < -0.39 is 0 Å². The van der Waals surface area contributed by atoms with E-state index in [-0.39, 0.29) is 0 Å². The zero-order chi connectivity index (χ0) is 6.69. The molecule has 1 rings (SSSR count). The molecule has 0 spiro atoms. The Balaban J connectivity index is 3.01. The fourth-order valence-electron chi connectivity index (χ4n) is 0.632. The summed E-state index contributed by atoms with van der Waals surface area (Å²) in [6.45, 7) is 3.67. The van der Waals surface area contributed by atoms with Crippen LogP contribution in [0.3, 0.4) is 0 Å². The summed E-state index contributed by atoms with van der Waals surface area (Å²) in [5.41, 5.74) is 1.20. The van der Waals surface area contributed by atoms with Gasteiger partial charge in [0.05, 0.1) is 0 Å². The first-order valence-corrected chi connectivity index (χ1v) is 4.45. The summed E-state index contributed by atoms with van der Waals surface area (Å²) < 4.78 is 1.42. The fourth-order valence-corrected chi connectivity index (χ4v) is 1.18. The van der Waals surface area contributed by atoms with Crippen molar-refractivity contribution in [3.63, 3.8) is 0 Å². The Morgan fingerprint density at radius 3 is 2.22 bits per heavy atom. The van der Waals surface area contributed by atoms with E-state index in [4.69, 9.17) is 0 Å². The van der Waals surface area contributed by atoms with Crippen molar-refractivity contribution in [2.24, 2.45) is 0 Å². The van der Waals surface area contributed by atoms with Gasteiger partial charge >= 0.3 is 68.6 Å². The van der Waals surface area contributed by atoms with Crippen LogP contribution < -0.4 is 3.58 Å². The maximum atomic E-state index is 3.67. The van der Waals surface area contributed by atoms with E-state index in [2.05, 4.69) is 30.8 Å². The SMILES string of the molecule is C=Cc1cc[c]([SnH])cc1. The molecule has 1 aromatic rings. The summed E-state index contributed by atoms with van der Waals surface area (Å²) in [7, 11) is 0. The second kappa shape index (κ2) is 3.06. The molecule has 1 heteroatoms. The molecule has 0 aliphatic rings. The maximum absolute atomic E-state index is 3.67. The van der Waals surface area contributed by atoms with Gasteiger partial charge in [-0.3, -0.25) is 0 Å². The Morgan fingerprint density at radius 1 is 1.22 bits per heavy atom. The topological polar surface area (TPSA) is 0 Å². The second-order valence-electron chi connectivity index (χ2n) is 1.87. The van der Waals surface area contributed by atoms with Crippen molar-refractivity contribution < 1.29 is 0 Å². The number of benzene rings is 1. The average Bonchev–Trinajstić information content (AvgIpc) is 1.90. The van der Waals surface area contributed by atoms with Gasteiger partial charge in [0, 0.05) is 0 Å². The first-order valence-electron chi connectivity index (χ1n) is 2.81. The Kier molecular flexibility index (Phi) is 2.34. The number of hydrogen-bond acceptors (Lipinski definition) is 0. The zero-order valence-corrected chi connectivity index (χ0v) is 8.47. The second-order valence-corrected chi connectivity index (χ2v) is 3.77. The van der Waals surface area contributed by atoms with Gasteiger partial charge in [0.25, 0.3) is 0 Å². The predicted molar refractivity (Wildman–Crippen MR) is 43.3 cm³/mol. The van der Waals surface area contributed by atoms with Crippen molar-refractivity contribution in [1.82, 2.24) is 0 Å². The standard InChI is InChI=1S/C8H7.Sn.H/c1-2-8-6-4-3-5-7-8;;/h2,4-7H,1H2;;. The molecule has 0 bridgehead atoms. The van der Waals surface area contributed by atoms with Crippen LogP contribution in [0, 0.1) is 0 Å². The van der Waals surface area contributed by atoms with Gasteiger partial charge < -0.3 is 0 Å². The van der Waals surface area contributed by atoms with Crippen molar-refractivity contribution >= 4 is 32.2 Å². The molecular formula is C8H8Sn. The summed E-state index contributed by atoms with van der Waals surface area (Å²) >= 11 is 1.20. The van der Waals surface area contributed by atoms with Crippen LogP contribution in [0.25, 0.3) is 6.08 Å². The molecule has 0 aromatic heterocycles. The molecule has 0 fully saturated rings. The Labute approximate surface area is 68.7 Å². The molecule has 0 aliphatic carbocycles. The van der Waals surface area contributed by atoms with Gasteiger partial charge in [0.1, 0.15) is 0 Å². The molecule has 1 aromatic carbocycles. The summed E-state index contributed by atoms with van der Waals surface area (Å²) in [4.78, 5) is 0. The van der Waals surface area contributed by atoms with Crippen LogP contribution in [0.1, 0.15) is 5.56 Å². The van der Waals surface area contributed by atoms with E-state index >= 15 is 0 Å². The van der Waals surface area contributed by atoms with Gasteiger partial charge in [-0.15, -0.1) is 0 Å². The molecule has 0 amide bonds. The van der Waals surface area contributed by atoms with Crippen LogP contribution in [0.2, 0.25) is 0 Å². The monoisotopic (exact) mass is 224 g/mol. The van der Waals surface area contributed by atoms with E-state index in [1.807, 2.05) is 6.08 Å². The summed E-state index contributed by atoms with van der Waals surface area (Å²) in [5, 5.41) is 0. The molecule has 44 valence electrons. The number of rotatable bonds is 1. The van der Waals surface area contributed by atoms with E-state index in [0.29, 0.717) is 0 Å². The van der Waals surface area contributed by atoms with Gasteiger partial charge in [-0.2, -0.15) is 0 Å². The van der Waals surface area contributed by atoms with Crippen LogP contribution >= 0.6 is 0 Å². The van der Waals surface area contributed by atoms with E-state index in [1.54, 1.807) is 0 Å². The van der Waals surface area contributed by atoms with Crippen LogP contribution in [-0.2, 0) is 0 Å². The summed E-state index contributed by atoms with van der Waals surface area (Å²) in [6, 6.07) is 8.46. The van der Waals surface area contributed by atoms with E-state index in [1.165, 1.54) is 31.7 Å². The van der Waals surface area contributed by atoms with Gasteiger partial charge in [-0.1, -0.05) is 0 Å². The third kappa shape index (κ3) is 1.86. The van der Waals surface area contributed by atoms with Crippen LogP contribution in [0.5, 0.6) is 0 Å². The molecule has 0 atom stereocenters. The van der Waals surface area contributed by atoms with Gasteiger partial charge in [0.2, 0.25) is 0 Å². The van der Waals surface area contributed by atoms with Crippen LogP contribution in [-0.4, -0.2) is 22.5 Å². The molecular weight excluding hydrogens is 215 g/mol. The third-order valence-corrected chi connectivity index (χ3v) is 2.27.